The van der Waals surface area contributed by atoms with Gasteiger partial charge < -0.3 is 13.7 Å². The summed E-state index contributed by atoms with van der Waals surface area (Å²) in [6, 6.07) is 22.7. The molecule has 5 rings (SSSR count). The van der Waals surface area contributed by atoms with E-state index in [2.05, 4.69) is 15.4 Å². The van der Waals surface area contributed by atoms with Crippen LogP contribution >= 0.6 is 23.4 Å². The molecule has 3 heterocycles. The summed E-state index contributed by atoms with van der Waals surface area (Å²) in [6.07, 6.45) is 1.60. The molecule has 32 heavy (non-hydrogen) atoms. The van der Waals surface area contributed by atoms with Gasteiger partial charge in [0.1, 0.15) is 12.4 Å². The molecule has 3 aromatic heterocycles. The Labute approximate surface area is 193 Å². The van der Waals surface area contributed by atoms with Crippen molar-refractivity contribution >= 4 is 23.4 Å². The third kappa shape index (κ3) is 4.42. The summed E-state index contributed by atoms with van der Waals surface area (Å²) in [7, 11) is 0. The van der Waals surface area contributed by atoms with Crippen LogP contribution in [-0.2, 0) is 12.4 Å². The standard InChI is InChI=1S/C23H17ClN4O3S/c24-18-9-4-5-10-19(18)30-14-22-25-26-23(28(22)17-7-2-1-3-8-17)32-15-16-13-21(31-27-16)20-11-6-12-29-20/h1-13H,14-15H2. The highest BCUT2D eigenvalue weighted by atomic mass is 35.5. The lowest BCUT2D eigenvalue weighted by atomic mass is 10.3. The van der Waals surface area contributed by atoms with Crippen molar-refractivity contribution in [3.63, 3.8) is 0 Å². The maximum atomic E-state index is 6.21. The fraction of sp³-hybridized carbons (Fsp3) is 0.0870. The molecule has 0 N–H and O–H groups in total. The van der Waals surface area contributed by atoms with E-state index in [0.717, 1.165) is 16.5 Å². The lowest BCUT2D eigenvalue weighted by Gasteiger charge is -2.11. The van der Waals surface area contributed by atoms with Gasteiger partial charge in [-0.3, -0.25) is 4.57 Å². The largest absolute Gasteiger partial charge is 0.484 e. The Morgan fingerprint density at radius 2 is 1.78 bits per heavy atom. The normalized spacial score (nSPS) is 11.0. The molecular formula is C23H17ClN4O3S. The number of hydrogen-bond acceptors (Lipinski definition) is 7. The maximum absolute atomic E-state index is 6.21. The fourth-order valence-electron chi connectivity index (χ4n) is 3.08. The number of halogens is 1. The van der Waals surface area contributed by atoms with Gasteiger partial charge in [0.15, 0.2) is 16.7 Å². The second-order valence-corrected chi connectivity index (χ2v) is 8.09. The van der Waals surface area contributed by atoms with E-state index in [4.69, 9.17) is 25.3 Å². The minimum atomic E-state index is 0.221. The predicted octanol–water partition coefficient (Wildman–Crippen LogP) is 6.04. The maximum Gasteiger partial charge on any atom is 0.202 e. The number of nitrogens with zero attached hydrogens (tertiary/aromatic N) is 4. The zero-order valence-electron chi connectivity index (χ0n) is 16.7. The van der Waals surface area contributed by atoms with Gasteiger partial charge in [-0.25, -0.2) is 0 Å². The van der Waals surface area contributed by atoms with E-state index in [1.165, 1.54) is 11.8 Å². The Kier molecular flexibility index (Phi) is 5.96. The van der Waals surface area contributed by atoms with Crippen LogP contribution in [0, 0.1) is 0 Å². The van der Waals surface area contributed by atoms with Crippen LogP contribution in [0.5, 0.6) is 5.75 Å². The van der Waals surface area contributed by atoms with Gasteiger partial charge >= 0.3 is 0 Å². The molecule has 0 fully saturated rings. The Morgan fingerprint density at radius 3 is 2.59 bits per heavy atom. The Hall–Kier alpha value is -3.49. The molecule has 5 aromatic rings. The molecule has 0 amide bonds. The third-order valence-electron chi connectivity index (χ3n) is 4.58. The topological polar surface area (TPSA) is 79.1 Å². The molecule has 0 bridgehead atoms. The number of para-hydroxylation sites is 2. The second-order valence-electron chi connectivity index (χ2n) is 6.74. The molecule has 0 aliphatic carbocycles. The summed E-state index contributed by atoms with van der Waals surface area (Å²) in [4.78, 5) is 0. The van der Waals surface area contributed by atoms with Crippen LogP contribution in [0.1, 0.15) is 11.5 Å². The Bertz CT molecular complexity index is 1300. The van der Waals surface area contributed by atoms with Crippen molar-refractivity contribution in [3.8, 4) is 23.0 Å². The molecule has 0 saturated carbocycles. The number of rotatable bonds is 8. The van der Waals surface area contributed by atoms with Gasteiger partial charge in [-0.05, 0) is 36.4 Å². The number of ether oxygens (including phenoxy) is 1. The van der Waals surface area contributed by atoms with Crippen molar-refractivity contribution in [3.05, 3.63) is 95.6 Å². The van der Waals surface area contributed by atoms with Crippen molar-refractivity contribution in [2.45, 2.75) is 17.5 Å². The number of furan rings is 1. The third-order valence-corrected chi connectivity index (χ3v) is 5.86. The molecule has 0 spiro atoms. The van der Waals surface area contributed by atoms with Crippen molar-refractivity contribution in [1.82, 2.24) is 19.9 Å². The van der Waals surface area contributed by atoms with Gasteiger partial charge in [-0.1, -0.05) is 58.9 Å². The molecule has 0 atom stereocenters. The van der Waals surface area contributed by atoms with E-state index >= 15 is 0 Å². The van der Waals surface area contributed by atoms with E-state index in [9.17, 15) is 0 Å². The molecule has 0 saturated heterocycles. The average molecular weight is 465 g/mol. The molecular weight excluding hydrogens is 448 g/mol. The van der Waals surface area contributed by atoms with Gasteiger partial charge in [0.2, 0.25) is 5.76 Å². The van der Waals surface area contributed by atoms with Crippen LogP contribution in [-0.4, -0.2) is 19.9 Å². The number of aromatic nitrogens is 4. The first-order valence-electron chi connectivity index (χ1n) is 9.77. The lowest BCUT2D eigenvalue weighted by Crippen LogP contribution is -2.06. The molecule has 7 nitrogen and oxygen atoms in total. The minimum absolute atomic E-state index is 0.221. The van der Waals surface area contributed by atoms with E-state index < -0.39 is 0 Å². The van der Waals surface area contributed by atoms with Crippen LogP contribution < -0.4 is 4.74 Å². The minimum Gasteiger partial charge on any atom is -0.484 e. The number of hydrogen-bond donors (Lipinski definition) is 0. The molecule has 2 aromatic carbocycles. The van der Waals surface area contributed by atoms with Crippen LogP contribution in [0.2, 0.25) is 5.02 Å². The van der Waals surface area contributed by atoms with Gasteiger partial charge in [0, 0.05) is 17.5 Å². The van der Waals surface area contributed by atoms with Gasteiger partial charge in [-0.2, -0.15) is 0 Å². The highest BCUT2D eigenvalue weighted by Gasteiger charge is 2.17. The van der Waals surface area contributed by atoms with Crippen LogP contribution in [0.25, 0.3) is 17.2 Å². The highest BCUT2D eigenvalue weighted by Crippen LogP contribution is 2.29. The Balaban J connectivity index is 1.37. The van der Waals surface area contributed by atoms with Gasteiger partial charge in [-0.15, -0.1) is 10.2 Å². The average Bonchev–Trinajstić information content (AvgIpc) is 3.58. The monoisotopic (exact) mass is 464 g/mol. The highest BCUT2D eigenvalue weighted by molar-refractivity contribution is 7.98. The quantitative estimate of drug-likeness (QED) is 0.259. The van der Waals surface area contributed by atoms with E-state index in [1.54, 1.807) is 18.4 Å². The lowest BCUT2D eigenvalue weighted by molar-refractivity contribution is 0.293. The summed E-state index contributed by atoms with van der Waals surface area (Å²) >= 11 is 7.72. The molecule has 160 valence electrons. The van der Waals surface area contributed by atoms with Crippen molar-refractivity contribution < 1.29 is 13.7 Å². The Morgan fingerprint density at radius 1 is 0.938 bits per heavy atom. The first kappa shape index (κ1) is 20.4. The molecule has 0 radical (unpaired) electrons. The number of benzene rings is 2. The zero-order chi connectivity index (χ0) is 21.8. The van der Waals surface area contributed by atoms with E-state index in [1.807, 2.05) is 65.2 Å². The first-order valence-corrected chi connectivity index (χ1v) is 11.1. The van der Waals surface area contributed by atoms with Crippen molar-refractivity contribution in [2.75, 3.05) is 0 Å². The molecule has 0 aliphatic rings. The SMILES string of the molecule is Clc1ccccc1OCc1nnc(SCc2cc(-c3ccco3)on2)n1-c1ccccc1. The van der Waals surface area contributed by atoms with Crippen LogP contribution in [0.3, 0.4) is 0 Å². The fourth-order valence-corrected chi connectivity index (χ4v) is 4.12. The molecule has 0 aliphatic heterocycles. The smallest absolute Gasteiger partial charge is 0.202 e. The summed E-state index contributed by atoms with van der Waals surface area (Å²) < 4.78 is 18.6. The van der Waals surface area contributed by atoms with E-state index in [0.29, 0.717) is 33.9 Å². The van der Waals surface area contributed by atoms with E-state index in [-0.39, 0.29) is 6.61 Å². The molecule has 0 unspecified atom stereocenters. The summed E-state index contributed by atoms with van der Waals surface area (Å²) in [5.41, 5.74) is 1.71. The number of thioether (sulfide) groups is 1. The summed E-state index contributed by atoms with van der Waals surface area (Å²) in [6.45, 7) is 0.221. The summed E-state index contributed by atoms with van der Waals surface area (Å²) in [5, 5.41) is 14.1. The van der Waals surface area contributed by atoms with Gasteiger partial charge in [0.25, 0.3) is 0 Å². The zero-order valence-corrected chi connectivity index (χ0v) is 18.3. The molecule has 9 heteroatoms. The van der Waals surface area contributed by atoms with Crippen molar-refractivity contribution in [2.24, 2.45) is 0 Å². The van der Waals surface area contributed by atoms with Gasteiger partial charge in [0.05, 0.1) is 17.0 Å². The predicted molar refractivity (Wildman–Crippen MR) is 121 cm³/mol. The van der Waals surface area contributed by atoms with Crippen LogP contribution in [0.4, 0.5) is 0 Å². The second kappa shape index (κ2) is 9.33. The first-order chi connectivity index (χ1) is 15.8. The summed E-state index contributed by atoms with van der Waals surface area (Å²) in [5.74, 6) is 3.04. The van der Waals surface area contributed by atoms with Crippen molar-refractivity contribution in [1.29, 1.82) is 0 Å². The van der Waals surface area contributed by atoms with Crippen LogP contribution in [0.15, 0.2) is 93.2 Å².